The van der Waals surface area contributed by atoms with E-state index in [1.165, 1.54) is 12.2 Å². The number of nitrogens with one attached hydrogen (secondary N) is 1. The third-order valence-electron chi connectivity index (χ3n) is 2.74. The Kier molecular flexibility index (Phi) is 3.17. The van der Waals surface area contributed by atoms with Crippen LogP contribution in [-0.2, 0) is 0 Å². The largest absolute Gasteiger partial charge is 0.381 e. The summed E-state index contributed by atoms with van der Waals surface area (Å²) in [7, 11) is 0. The van der Waals surface area contributed by atoms with Gasteiger partial charge >= 0.3 is 0 Å². The Morgan fingerprint density at radius 1 is 1.40 bits per heavy atom. The van der Waals surface area contributed by atoms with Gasteiger partial charge in [0.05, 0.1) is 11.6 Å². The van der Waals surface area contributed by atoms with Crippen LogP contribution in [-0.4, -0.2) is 17.0 Å². The summed E-state index contributed by atoms with van der Waals surface area (Å²) in [5.74, 6) is 1.25. The predicted molar refractivity (Wildman–Crippen MR) is 65.1 cm³/mol. The van der Waals surface area contributed by atoms with Crippen LogP contribution in [0.4, 0.5) is 5.69 Å². The van der Waals surface area contributed by atoms with Gasteiger partial charge in [-0.15, -0.1) is 0 Å². The first-order valence-electron chi connectivity index (χ1n) is 5.18. The lowest BCUT2D eigenvalue weighted by Gasteiger charge is -2.17. The monoisotopic (exact) mass is 218 g/mol. The predicted octanol–water partition coefficient (Wildman–Crippen LogP) is 2.86. The number of hydrogen-bond acceptors (Lipinski definition) is 3. The van der Waals surface area contributed by atoms with Gasteiger partial charge in [-0.1, -0.05) is 6.92 Å². The molecular weight excluding hydrogens is 204 g/mol. The topological polar surface area (TPSA) is 35.8 Å². The SMILES string of the molecule is CC1SCCC1Nc1ccc(C#N)cc1. The number of thioether (sulfide) groups is 1. The number of rotatable bonds is 2. The van der Waals surface area contributed by atoms with Gasteiger partial charge in [0.15, 0.2) is 0 Å². The lowest BCUT2D eigenvalue weighted by Crippen LogP contribution is -2.24. The van der Waals surface area contributed by atoms with Crippen molar-refractivity contribution >= 4 is 17.4 Å². The fourth-order valence-electron chi connectivity index (χ4n) is 1.78. The molecule has 1 heterocycles. The van der Waals surface area contributed by atoms with E-state index in [0.29, 0.717) is 11.3 Å². The minimum absolute atomic E-state index is 0.572. The van der Waals surface area contributed by atoms with Gasteiger partial charge in [0.25, 0.3) is 0 Å². The zero-order valence-electron chi connectivity index (χ0n) is 8.73. The van der Waals surface area contributed by atoms with Crippen molar-refractivity contribution in [2.45, 2.75) is 24.6 Å². The molecule has 1 aromatic rings. The maximum Gasteiger partial charge on any atom is 0.0991 e. The molecule has 0 aliphatic carbocycles. The second kappa shape index (κ2) is 4.59. The molecule has 0 bridgehead atoms. The third-order valence-corrected chi connectivity index (χ3v) is 4.07. The Bertz CT molecular complexity index is 366. The van der Waals surface area contributed by atoms with Crippen LogP contribution in [0, 0.1) is 11.3 Å². The summed E-state index contributed by atoms with van der Waals surface area (Å²) in [4.78, 5) is 0. The molecule has 78 valence electrons. The van der Waals surface area contributed by atoms with Crippen LogP contribution < -0.4 is 5.32 Å². The van der Waals surface area contributed by atoms with Crippen LogP contribution in [0.25, 0.3) is 0 Å². The highest BCUT2D eigenvalue weighted by atomic mass is 32.2. The van der Waals surface area contributed by atoms with Gasteiger partial charge in [0.1, 0.15) is 0 Å². The van der Waals surface area contributed by atoms with Crippen LogP contribution in [0.5, 0.6) is 0 Å². The fraction of sp³-hybridized carbons (Fsp3) is 0.417. The summed E-state index contributed by atoms with van der Waals surface area (Å²) in [6.07, 6.45) is 1.23. The normalized spacial score (nSPS) is 24.8. The molecule has 1 aromatic carbocycles. The molecule has 15 heavy (non-hydrogen) atoms. The summed E-state index contributed by atoms with van der Waals surface area (Å²) < 4.78 is 0. The number of anilines is 1. The van der Waals surface area contributed by atoms with Gasteiger partial charge < -0.3 is 5.32 Å². The van der Waals surface area contributed by atoms with E-state index in [1.807, 2.05) is 36.0 Å². The van der Waals surface area contributed by atoms with E-state index in [0.717, 1.165) is 11.3 Å². The first kappa shape index (κ1) is 10.4. The standard InChI is InChI=1S/C12H14N2S/c1-9-12(6-7-15-9)14-11-4-2-10(8-13)3-5-11/h2-5,9,12,14H,6-7H2,1H3. The van der Waals surface area contributed by atoms with E-state index in [-0.39, 0.29) is 0 Å². The average Bonchev–Trinajstić information content (AvgIpc) is 2.66. The smallest absolute Gasteiger partial charge is 0.0991 e. The first-order chi connectivity index (χ1) is 7.29. The van der Waals surface area contributed by atoms with Crippen molar-refractivity contribution in [2.75, 3.05) is 11.1 Å². The van der Waals surface area contributed by atoms with Crippen molar-refractivity contribution in [3.63, 3.8) is 0 Å². The van der Waals surface area contributed by atoms with E-state index in [1.54, 1.807) is 0 Å². The van der Waals surface area contributed by atoms with Gasteiger partial charge in [0.2, 0.25) is 0 Å². The Labute approximate surface area is 94.7 Å². The van der Waals surface area contributed by atoms with Gasteiger partial charge in [-0.3, -0.25) is 0 Å². The molecule has 2 nitrogen and oxygen atoms in total. The molecule has 0 radical (unpaired) electrons. The van der Waals surface area contributed by atoms with E-state index in [2.05, 4.69) is 18.3 Å². The van der Waals surface area contributed by atoms with Crippen molar-refractivity contribution in [1.29, 1.82) is 5.26 Å². The second-order valence-electron chi connectivity index (χ2n) is 3.80. The van der Waals surface area contributed by atoms with Gasteiger partial charge in [0, 0.05) is 17.0 Å². The Morgan fingerprint density at radius 2 is 2.13 bits per heavy atom. The Hall–Kier alpha value is -1.14. The maximum atomic E-state index is 8.68. The zero-order chi connectivity index (χ0) is 10.7. The molecule has 2 atom stereocenters. The van der Waals surface area contributed by atoms with E-state index in [9.17, 15) is 0 Å². The molecule has 0 amide bonds. The third kappa shape index (κ3) is 2.45. The molecular formula is C12H14N2S. The molecule has 2 rings (SSSR count). The highest BCUT2D eigenvalue weighted by Gasteiger charge is 2.23. The minimum atomic E-state index is 0.572. The molecule has 1 aliphatic heterocycles. The van der Waals surface area contributed by atoms with Crippen LogP contribution in [0.3, 0.4) is 0 Å². The number of nitrogens with zero attached hydrogens (tertiary/aromatic N) is 1. The minimum Gasteiger partial charge on any atom is -0.381 e. The molecule has 3 heteroatoms. The average molecular weight is 218 g/mol. The van der Waals surface area contributed by atoms with Crippen molar-refractivity contribution in [3.05, 3.63) is 29.8 Å². The first-order valence-corrected chi connectivity index (χ1v) is 6.23. The number of nitriles is 1. The number of hydrogen-bond donors (Lipinski definition) is 1. The van der Waals surface area contributed by atoms with E-state index >= 15 is 0 Å². The van der Waals surface area contributed by atoms with Crippen molar-refractivity contribution in [1.82, 2.24) is 0 Å². The van der Waals surface area contributed by atoms with Crippen molar-refractivity contribution in [3.8, 4) is 6.07 Å². The molecule has 0 aromatic heterocycles. The summed E-state index contributed by atoms with van der Waals surface area (Å²) in [5, 5.41) is 12.9. The lowest BCUT2D eigenvalue weighted by atomic mass is 10.1. The van der Waals surface area contributed by atoms with Gasteiger partial charge in [-0.2, -0.15) is 17.0 Å². The molecule has 1 fully saturated rings. The maximum absolute atomic E-state index is 8.68. The molecule has 1 N–H and O–H groups in total. The molecule has 2 unspecified atom stereocenters. The number of benzene rings is 1. The summed E-state index contributed by atoms with van der Waals surface area (Å²) in [6, 6.07) is 10.4. The Morgan fingerprint density at radius 3 is 2.67 bits per heavy atom. The van der Waals surface area contributed by atoms with Crippen LogP contribution in [0.2, 0.25) is 0 Å². The lowest BCUT2D eigenvalue weighted by molar-refractivity contribution is 0.724. The van der Waals surface area contributed by atoms with Crippen LogP contribution in [0.1, 0.15) is 18.9 Å². The van der Waals surface area contributed by atoms with E-state index < -0.39 is 0 Å². The van der Waals surface area contributed by atoms with Crippen LogP contribution in [0.15, 0.2) is 24.3 Å². The Balaban J connectivity index is 2.02. The van der Waals surface area contributed by atoms with Gasteiger partial charge in [-0.25, -0.2) is 0 Å². The summed E-state index contributed by atoms with van der Waals surface area (Å²) >= 11 is 2.02. The van der Waals surface area contributed by atoms with E-state index in [4.69, 9.17) is 5.26 Å². The van der Waals surface area contributed by atoms with Gasteiger partial charge in [-0.05, 0) is 36.4 Å². The summed E-state index contributed by atoms with van der Waals surface area (Å²) in [6.45, 7) is 2.26. The van der Waals surface area contributed by atoms with Crippen LogP contribution >= 0.6 is 11.8 Å². The van der Waals surface area contributed by atoms with Crippen molar-refractivity contribution in [2.24, 2.45) is 0 Å². The molecule has 1 saturated heterocycles. The second-order valence-corrected chi connectivity index (χ2v) is 5.29. The molecule has 0 saturated carbocycles. The highest BCUT2D eigenvalue weighted by Crippen LogP contribution is 2.28. The fourth-order valence-corrected chi connectivity index (χ4v) is 2.97. The quantitative estimate of drug-likeness (QED) is 0.829. The summed E-state index contributed by atoms with van der Waals surface area (Å²) in [5.41, 5.74) is 1.84. The molecule has 0 spiro atoms. The van der Waals surface area contributed by atoms with Crippen molar-refractivity contribution < 1.29 is 0 Å². The zero-order valence-corrected chi connectivity index (χ0v) is 9.55. The highest BCUT2D eigenvalue weighted by molar-refractivity contribution is 8.00. The molecule has 1 aliphatic rings.